The summed E-state index contributed by atoms with van der Waals surface area (Å²) in [6.45, 7) is 0.904. The van der Waals surface area contributed by atoms with Gasteiger partial charge in [-0.05, 0) is 24.6 Å². The van der Waals surface area contributed by atoms with Crippen LogP contribution in [0.5, 0.6) is 0 Å². The second-order valence-electron chi connectivity index (χ2n) is 4.34. The number of alkyl halides is 3. The number of anilines is 1. The maximum Gasteiger partial charge on any atom is 0.390 e. The normalized spacial score (nSPS) is 12.9. The van der Waals surface area contributed by atoms with Gasteiger partial charge in [0.1, 0.15) is 0 Å². The topological polar surface area (TPSA) is 63.4 Å². The minimum absolute atomic E-state index is 0.0643. The van der Waals surface area contributed by atoms with Crippen LogP contribution in [0.15, 0.2) is 17.0 Å². The molecule has 0 fully saturated rings. The van der Waals surface area contributed by atoms with Gasteiger partial charge in [-0.15, -0.1) is 0 Å². The Kier molecular flexibility index (Phi) is 4.94. The predicted molar refractivity (Wildman–Crippen MR) is 71.1 cm³/mol. The number of nitrogen functional groups attached to an aromatic ring is 1. The third kappa shape index (κ3) is 4.00. The van der Waals surface area contributed by atoms with Crippen LogP contribution in [0.1, 0.15) is 12.0 Å². The third-order valence-corrected chi connectivity index (χ3v) is 5.03. The first-order valence-electron chi connectivity index (χ1n) is 5.54. The highest BCUT2D eigenvalue weighted by Gasteiger charge is 2.30. The number of benzene rings is 1. The van der Waals surface area contributed by atoms with Crippen LogP contribution in [0, 0.1) is 6.92 Å². The first kappa shape index (κ1) is 17.1. The molecule has 0 amide bonds. The van der Waals surface area contributed by atoms with Crippen molar-refractivity contribution in [3.05, 3.63) is 22.7 Å². The van der Waals surface area contributed by atoms with E-state index in [9.17, 15) is 21.6 Å². The Balaban J connectivity index is 3.05. The number of halogens is 4. The van der Waals surface area contributed by atoms with Crippen LogP contribution in [-0.2, 0) is 10.0 Å². The highest BCUT2D eigenvalue weighted by molar-refractivity contribution is 7.89. The van der Waals surface area contributed by atoms with Crippen molar-refractivity contribution in [3.8, 4) is 0 Å². The van der Waals surface area contributed by atoms with Gasteiger partial charge in [0, 0.05) is 13.6 Å². The van der Waals surface area contributed by atoms with Crippen molar-refractivity contribution < 1.29 is 21.6 Å². The lowest BCUT2D eigenvalue weighted by molar-refractivity contribution is -0.135. The molecule has 0 radical (unpaired) electrons. The van der Waals surface area contributed by atoms with Gasteiger partial charge in [-0.1, -0.05) is 11.6 Å². The Bertz CT molecular complexity index is 579. The zero-order valence-electron chi connectivity index (χ0n) is 10.8. The van der Waals surface area contributed by atoms with Crippen molar-refractivity contribution in [3.63, 3.8) is 0 Å². The molecule has 4 nitrogen and oxygen atoms in total. The zero-order chi connectivity index (χ0) is 15.7. The van der Waals surface area contributed by atoms with Crippen LogP contribution in [0.25, 0.3) is 0 Å². The van der Waals surface area contributed by atoms with Gasteiger partial charge in [-0.2, -0.15) is 13.2 Å². The summed E-state index contributed by atoms with van der Waals surface area (Å²) in [6, 6.07) is 2.41. The summed E-state index contributed by atoms with van der Waals surface area (Å²) in [5, 5.41) is 0.224. The molecule has 0 bridgehead atoms. The van der Waals surface area contributed by atoms with Gasteiger partial charge in [-0.25, -0.2) is 12.7 Å². The minimum atomic E-state index is -4.42. The maximum atomic E-state index is 12.1. The molecule has 9 heteroatoms. The fourth-order valence-electron chi connectivity index (χ4n) is 1.50. The molecule has 0 aliphatic rings. The lowest BCUT2D eigenvalue weighted by atomic mass is 10.2. The molecule has 0 aromatic heterocycles. The van der Waals surface area contributed by atoms with Gasteiger partial charge in [0.15, 0.2) is 0 Å². The Morgan fingerprint density at radius 3 is 2.35 bits per heavy atom. The quantitative estimate of drug-likeness (QED) is 0.863. The van der Waals surface area contributed by atoms with Gasteiger partial charge >= 0.3 is 6.18 Å². The molecule has 1 aromatic carbocycles. The molecular formula is C11H14ClF3N2O2S. The number of hydrogen-bond donors (Lipinski definition) is 1. The highest BCUT2D eigenvalue weighted by Crippen LogP contribution is 2.28. The van der Waals surface area contributed by atoms with Crippen LogP contribution in [0.4, 0.5) is 18.9 Å². The fraction of sp³-hybridized carbons (Fsp3) is 0.455. The molecule has 0 heterocycles. The molecule has 114 valence electrons. The first-order valence-corrected chi connectivity index (χ1v) is 7.35. The molecule has 2 N–H and O–H groups in total. The molecule has 1 aromatic rings. The maximum absolute atomic E-state index is 12.1. The molecule has 0 aliphatic heterocycles. The second-order valence-corrected chi connectivity index (χ2v) is 6.76. The van der Waals surface area contributed by atoms with Gasteiger partial charge < -0.3 is 5.73 Å². The van der Waals surface area contributed by atoms with E-state index in [0.29, 0.717) is 9.87 Å². The highest BCUT2D eigenvalue weighted by atomic mass is 35.5. The Hall–Kier alpha value is -0.990. The van der Waals surface area contributed by atoms with E-state index in [1.54, 1.807) is 6.92 Å². The van der Waals surface area contributed by atoms with E-state index in [2.05, 4.69) is 0 Å². The number of hydrogen-bond acceptors (Lipinski definition) is 3. The van der Waals surface area contributed by atoms with Crippen LogP contribution in [0.3, 0.4) is 0 Å². The summed E-state index contributed by atoms with van der Waals surface area (Å²) >= 11 is 5.82. The minimum Gasteiger partial charge on any atom is -0.397 e. The summed E-state index contributed by atoms with van der Waals surface area (Å²) in [5.74, 6) is 0. The molecule has 0 aliphatic carbocycles. The summed E-state index contributed by atoms with van der Waals surface area (Å²) in [5.41, 5.74) is 6.07. The van der Waals surface area contributed by atoms with Crippen LogP contribution in [0.2, 0.25) is 5.02 Å². The Morgan fingerprint density at radius 1 is 1.35 bits per heavy atom. The largest absolute Gasteiger partial charge is 0.397 e. The number of rotatable bonds is 4. The number of nitrogens with zero attached hydrogens (tertiary/aromatic N) is 1. The number of nitrogens with two attached hydrogens (primary N) is 1. The predicted octanol–water partition coefficient (Wildman–Crippen LogP) is 2.80. The van der Waals surface area contributed by atoms with Crippen molar-refractivity contribution in [1.29, 1.82) is 0 Å². The van der Waals surface area contributed by atoms with Crippen molar-refractivity contribution in [2.45, 2.75) is 24.4 Å². The number of aryl methyl sites for hydroxylation is 1. The SMILES string of the molecule is Cc1cc(S(=O)(=O)N(C)CCC(F)(F)F)cc(N)c1Cl. The van der Waals surface area contributed by atoms with Gasteiger partial charge in [0.05, 0.1) is 22.0 Å². The van der Waals surface area contributed by atoms with E-state index in [1.807, 2.05) is 0 Å². The molecule has 0 unspecified atom stereocenters. The molecule has 0 saturated heterocycles. The van der Waals surface area contributed by atoms with E-state index in [-0.39, 0.29) is 15.6 Å². The van der Waals surface area contributed by atoms with E-state index < -0.39 is 29.2 Å². The Labute approximate surface area is 120 Å². The van der Waals surface area contributed by atoms with Gasteiger partial charge in [0.2, 0.25) is 10.0 Å². The van der Waals surface area contributed by atoms with Crippen molar-refractivity contribution in [2.24, 2.45) is 0 Å². The zero-order valence-corrected chi connectivity index (χ0v) is 12.4. The summed E-state index contributed by atoms with van der Waals surface area (Å²) in [7, 11) is -2.94. The van der Waals surface area contributed by atoms with Crippen molar-refractivity contribution in [1.82, 2.24) is 4.31 Å². The molecular weight excluding hydrogens is 317 g/mol. The average Bonchev–Trinajstić information content (AvgIpc) is 2.31. The second kappa shape index (κ2) is 5.79. The van der Waals surface area contributed by atoms with Crippen LogP contribution < -0.4 is 5.73 Å². The average molecular weight is 331 g/mol. The third-order valence-electron chi connectivity index (χ3n) is 2.67. The summed E-state index contributed by atoms with van der Waals surface area (Å²) in [6.07, 6.45) is -5.64. The standard InChI is InChI=1S/C11H14ClF3N2O2S/c1-7-5-8(6-9(16)10(7)12)20(18,19)17(2)4-3-11(13,14)15/h5-6H,3-4,16H2,1-2H3. The van der Waals surface area contributed by atoms with E-state index in [1.165, 1.54) is 6.07 Å². The van der Waals surface area contributed by atoms with Crippen molar-refractivity contribution >= 4 is 27.3 Å². The van der Waals surface area contributed by atoms with Crippen molar-refractivity contribution in [2.75, 3.05) is 19.3 Å². The molecule has 20 heavy (non-hydrogen) atoms. The van der Waals surface area contributed by atoms with E-state index in [0.717, 1.165) is 13.1 Å². The van der Waals surface area contributed by atoms with E-state index >= 15 is 0 Å². The summed E-state index contributed by atoms with van der Waals surface area (Å²) in [4.78, 5) is -0.179. The smallest absolute Gasteiger partial charge is 0.390 e. The van der Waals surface area contributed by atoms with E-state index in [4.69, 9.17) is 17.3 Å². The molecule has 0 saturated carbocycles. The molecule has 1 rings (SSSR count). The Morgan fingerprint density at radius 2 is 1.90 bits per heavy atom. The lowest BCUT2D eigenvalue weighted by Crippen LogP contribution is -2.30. The lowest BCUT2D eigenvalue weighted by Gasteiger charge is -2.19. The molecule has 0 spiro atoms. The van der Waals surface area contributed by atoms with Gasteiger partial charge in [0.25, 0.3) is 0 Å². The fourth-order valence-corrected chi connectivity index (χ4v) is 2.90. The monoisotopic (exact) mass is 330 g/mol. The summed E-state index contributed by atoms with van der Waals surface area (Å²) < 4.78 is 61.3. The van der Waals surface area contributed by atoms with Crippen LogP contribution in [-0.4, -0.2) is 32.5 Å². The molecule has 0 atom stereocenters. The van der Waals surface area contributed by atoms with Crippen LogP contribution >= 0.6 is 11.6 Å². The van der Waals surface area contributed by atoms with Gasteiger partial charge in [-0.3, -0.25) is 0 Å². The first-order chi connectivity index (χ1) is 8.95. The number of sulfonamides is 1.